The summed E-state index contributed by atoms with van der Waals surface area (Å²) < 4.78 is 0. The van der Waals surface area contributed by atoms with E-state index in [0.29, 0.717) is 13.1 Å². The average molecular weight is 252 g/mol. The fourth-order valence-corrected chi connectivity index (χ4v) is 2.53. The van der Waals surface area contributed by atoms with E-state index in [1.54, 1.807) is 16.7 Å². The molecule has 15 heavy (non-hydrogen) atoms. The number of piperazine rings is 1. The van der Waals surface area contributed by atoms with Crippen LogP contribution in [0.4, 0.5) is 0 Å². The quantitative estimate of drug-likeness (QED) is 0.630. The van der Waals surface area contributed by atoms with Crippen molar-refractivity contribution in [2.75, 3.05) is 31.3 Å². The Hall–Kier alpha value is -0.460. The van der Waals surface area contributed by atoms with E-state index in [1.165, 1.54) is 0 Å². The van der Waals surface area contributed by atoms with Crippen molar-refractivity contribution in [2.24, 2.45) is 0 Å². The van der Waals surface area contributed by atoms with Crippen LogP contribution in [0.5, 0.6) is 0 Å². The van der Waals surface area contributed by atoms with E-state index in [-0.39, 0.29) is 36.8 Å². The van der Waals surface area contributed by atoms with Gasteiger partial charge >= 0.3 is 0 Å². The Balaban J connectivity index is 0.00000112. The van der Waals surface area contributed by atoms with Gasteiger partial charge in [0.15, 0.2) is 0 Å². The van der Waals surface area contributed by atoms with Crippen LogP contribution in [0, 0.1) is 0 Å². The third-order valence-electron chi connectivity index (χ3n) is 2.36. The Labute approximate surface area is 98.7 Å². The number of thioether (sulfide) groups is 1. The number of hydrogen-bond acceptors (Lipinski definition) is 4. The summed E-state index contributed by atoms with van der Waals surface area (Å²) in [4.78, 5) is 24.5. The molecule has 0 aromatic carbocycles. The summed E-state index contributed by atoms with van der Waals surface area (Å²) in [6.07, 6.45) is 0. The summed E-state index contributed by atoms with van der Waals surface area (Å²) in [6, 6.07) is -0.0918. The van der Waals surface area contributed by atoms with Gasteiger partial charge in [-0.05, 0) is 0 Å². The SMILES string of the molecule is Cl.O=C1CN(C(=O)[C@H]2CSCN2)CCN1. The Morgan fingerprint density at radius 1 is 1.53 bits per heavy atom. The van der Waals surface area contributed by atoms with Gasteiger partial charge in [-0.15, -0.1) is 24.2 Å². The molecular formula is C8H14ClN3O2S. The molecule has 0 aromatic heterocycles. The lowest BCUT2D eigenvalue weighted by Crippen LogP contribution is -2.54. The molecule has 2 aliphatic heterocycles. The number of nitrogens with one attached hydrogen (secondary N) is 2. The Kier molecular flexibility index (Phi) is 4.69. The van der Waals surface area contributed by atoms with Crippen LogP contribution in [-0.2, 0) is 9.59 Å². The molecule has 2 aliphatic rings. The molecule has 2 saturated heterocycles. The predicted octanol–water partition coefficient (Wildman–Crippen LogP) is -0.971. The van der Waals surface area contributed by atoms with Crippen molar-refractivity contribution in [3.8, 4) is 0 Å². The van der Waals surface area contributed by atoms with Crippen molar-refractivity contribution in [1.29, 1.82) is 0 Å². The summed E-state index contributed by atoms with van der Waals surface area (Å²) in [5.41, 5.74) is 0. The molecule has 5 nitrogen and oxygen atoms in total. The largest absolute Gasteiger partial charge is 0.353 e. The predicted molar refractivity (Wildman–Crippen MR) is 61.1 cm³/mol. The molecule has 0 saturated carbocycles. The Morgan fingerprint density at radius 2 is 2.33 bits per heavy atom. The zero-order valence-corrected chi connectivity index (χ0v) is 9.83. The number of halogens is 1. The highest BCUT2D eigenvalue weighted by Crippen LogP contribution is 2.12. The number of amides is 2. The molecule has 2 fully saturated rings. The van der Waals surface area contributed by atoms with Crippen molar-refractivity contribution in [2.45, 2.75) is 6.04 Å². The second-order valence-corrected chi connectivity index (χ2v) is 4.41. The summed E-state index contributed by atoms with van der Waals surface area (Å²) >= 11 is 1.72. The van der Waals surface area contributed by atoms with Crippen LogP contribution in [-0.4, -0.2) is 54.0 Å². The maximum absolute atomic E-state index is 11.8. The van der Waals surface area contributed by atoms with Crippen LogP contribution < -0.4 is 10.6 Å². The first kappa shape index (κ1) is 12.6. The van der Waals surface area contributed by atoms with E-state index in [9.17, 15) is 9.59 Å². The monoisotopic (exact) mass is 251 g/mol. The van der Waals surface area contributed by atoms with E-state index in [0.717, 1.165) is 11.6 Å². The molecule has 2 amide bonds. The molecular weight excluding hydrogens is 238 g/mol. The van der Waals surface area contributed by atoms with Crippen LogP contribution in [0.3, 0.4) is 0 Å². The summed E-state index contributed by atoms with van der Waals surface area (Å²) in [7, 11) is 0. The van der Waals surface area contributed by atoms with Crippen molar-refractivity contribution < 1.29 is 9.59 Å². The fourth-order valence-electron chi connectivity index (χ4n) is 1.60. The first-order valence-electron chi connectivity index (χ1n) is 4.64. The first-order chi connectivity index (χ1) is 6.77. The van der Waals surface area contributed by atoms with Crippen LogP contribution >= 0.6 is 24.2 Å². The lowest BCUT2D eigenvalue weighted by Gasteiger charge is -2.28. The van der Waals surface area contributed by atoms with Crippen molar-refractivity contribution in [1.82, 2.24) is 15.5 Å². The second-order valence-electron chi connectivity index (χ2n) is 3.38. The molecule has 0 radical (unpaired) electrons. The van der Waals surface area contributed by atoms with Crippen LogP contribution in [0.1, 0.15) is 0 Å². The van der Waals surface area contributed by atoms with Gasteiger partial charge in [0.1, 0.15) is 0 Å². The maximum Gasteiger partial charge on any atom is 0.241 e. The molecule has 2 heterocycles. The van der Waals surface area contributed by atoms with Gasteiger partial charge in [0.2, 0.25) is 11.8 Å². The molecule has 0 aromatic rings. The van der Waals surface area contributed by atoms with Gasteiger partial charge in [0.25, 0.3) is 0 Å². The molecule has 0 aliphatic carbocycles. The highest BCUT2D eigenvalue weighted by atomic mass is 35.5. The van der Waals surface area contributed by atoms with Crippen LogP contribution in [0.25, 0.3) is 0 Å². The van der Waals surface area contributed by atoms with Gasteiger partial charge in [0.05, 0.1) is 12.6 Å². The summed E-state index contributed by atoms with van der Waals surface area (Å²) in [6.45, 7) is 1.42. The zero-order valence-electron chi connectivity index (χ0n) is 8.19. The zero-order chi connectivity index (χ0) is 9.97. The van der Waals surface area contributed by atoms with Gasteiger partial charge in [0, 0.05) is 24.7 Å². The smallest absolute Gasteiger partial charge is 0.241 e. The second kappa shape index (κ2) is 5.58. The number of rotatable bonds is 1. The standard InChI is InChI=1S/C8H13N3O2S.ClH/c12-7-3-11(2-1-9-7)8(13)6-4-14-5-10-6;/h6,10H,1-5H2,(H,9,12);1H/t6-;/m1./s1. The maximum atomic E-state index is 11.8. The van der Waals surface area contributed by atoms with E-state index < -0.39 is 0 Å². The van der Waals surface area contributed by atoms with Crippen LogP contribution in [0.15, 0.2) is 0 Å². The molecule has 0 spiro atoms. The third-order valence-corrected chi connectivity index (χ3v) is 3.30. The Morgan fingerprint density at radius 3 is 2.93 bits per heavy atom. The van der Waals surface area contributed by atoms with Crippen molar-refractivity contribution >= 4 is 36.0 Å². The van der Waals surface area contributed by atoms with E-state index in [4.69, 9.17) is 0 Å². The number of carbonyl (C=O) groups excluding carboxylic acids is 2. The van der Waals surface area contributed by atoms with Gasteiger partial charge in [-0.3, -0.25) is 14.9 Å². The average Bonchev–Trinajstić information content (AvgIpc) is 2.69. The topological polar surface area (TPSA) is 61.4 Å². The summed E-state index contributed by atoms with van der Waals surface area (Å²) in [5, 5.41) is 5.81. The van der Waals surface area contributed by atoms with Gasteiger partial charge in [-0.25, -0.2) is 0 Å². The minimum Gasteiger partial charge on any atom is -0.353 e. The van der Waals surface area contributed by atoms with Crippen molar-refractivity contribution in [3.63, 3.8) is 0 Å². The molecule has 7 heteroatoms. The number of hydrogen-bond donors (Lipinski definition) is 2. The van der Waals surface area contributed by atoms with E-state index in [1.807, 2.05) is 0 Å². The van der Waals surface area contributed by atoms with E-state index in [2.05, 4.69) is 10.6 Å². The molecule has 2 N–H and O–H groups in total. The molecule has 86 valence electrons. The summed E-state index contributed by atoms with van der Waals surface area (Å²) in [5.74, 6) is 1.65. The number of carbonyl (C=O) groups is 2. The van der Waals surface area contributed by atoms with Gasteiger partial charge in [-0.2, -0.15) is 0 Å². The minimum atomic E-state index is -0.0918. The molecule has 0 unspecified atom stereocenters. The lowest BCUT2D eigenvalue weighted by molar-refractivity contribution is -0.139. The lowest BCUT2D eigenvalue weighted by atomic mass is 10.2. The highest BCUT2D eigenvalue weighted by molar-refractivity contribution is 7.99. The van der Waals surface area contributed by atoms with Crippen molar-refractivity contribution in [3.05, 3.63) is 0 Å². The number of nitrogens with zero attached hydrogens (tertiary/aromatic N) is 1. The Bertz CT molecular complexity index is 258. The minimum absolute atomic E-state index is 0. The van der Waals surface area contributed by atoms with Gasteiger partial charge in [-0.1, -0.05) is 0 Å². The third kappa shape index (κ3) is 2.99. The first-order valence-corrected chi connectivity index (χ1v) is 5.79. The van der Waals surface area contributed by atoms with Gasteiger partial charge < -0.3 is 10.2 Å². The fraction of sp³-hybridized carbons (Fsp3) is 0.750. The molecule has 2 rings (SSSR count). The van der Waals surface area contributed by atoms with Crippen LogP contribution in [0.2, 0.25) is 0 Å². The molecule has 1 atom stereocenters. The molecule has 0 bridgehead atoms. The highest BCUT2D eigenvalue weighted by Gasteiger charge is 2.29. The normalized spacial score (nSPS) is 25.7. The van der Waals surface area contributed by atoms with E-state index >= 15 is 0 Å².